The third kappa shape index (κ3) is 2.70. The van der Waals surface area contributed by atoms with Gasteiger partial charge in [0.2, 0.25) is 0 Å². The number of rotatable bonds is 2. The molecule has 1 aliphatic heterocycles. The monoisotopic (exact) mass is 309 g/mol. The average Bonchev–Trinajstić information content (AvgIpc) is 2.27. The molecule has 1 fully saturated rings. The number of hydrogen-bond donors (Lipinski definition) is 0. The fraction of sp³-hybridized carbons (Fsp3) is 0.600. The molecule has 2 rings (SSSR count). The summed E-state index contributed by atoms with van der Waals surface area (Å²) < 4.78 is 23.1. The molecule has 100 valence electrons. The minimum absolute atomic E-state index is 0.121. The van der Waals surface area contributed by atoms with E-state index in [1.807, 2.05) is 11.8 Å². The van der Waals surface area contributed by atoms with Crippen molar-refractivity contribution in [2.24, 2.45) is 0 Å². The van der Waals surface area contributed by atoms with Crippen LogP contribution in [0.1, 0.15) is 12.5 Å². The summed E-state index contributed by atoms with van der Waals surface area (Å²) in [5, 5.41) is 0.315. The normalized spacial score (nSPS) is 23.1. The lowest BCUT2D eigenvalue weighted by Crippen LogP contribution is -2.47. The van der Waals surface area contributed by atoms with Gasteiger partial charge in [-0.2, -0.15) is 0 Å². The molecule has 1 aromatic heterocycles. The summed E-state index contributed by atoms with van der Waals surface area (Å²) in [6.07, 6.45) is 1.36. The van der Waals surface area contributed by atoms with E-state index in [9.17, 15) is 8.42 Å². The molecule has 0 bridgehead atoms. The Morgan fingerprint density at radius 1 is 1.50 bits per heavy atom. The molecule has 18 heavy (non-hydrogen) atoms. The first-order valence-corrected chi connectivity index (χ1v) is 8.20. The van der Waals surface area contributed by atoms with Gasteiger partial charge in [-0.25, -0.2) is 18.4 Å². The van der Waals surface area contributed by atoms with Crippen molar-refractivity contribution >= 4 is 38.9 Å². The van der Waals surface area contributed by atoms with E-state index in [-0.39, 0.29) is 23.4 Å². The van der Waals surface area contributed by atoms with Crippen LogP contribution in [0.5, 0.6) is 0 Å². The van der Waals surface area contributed by atoms with E-state index >= 15 is 0 Å². The molecule has 0 radical (unpaired) electrons. The molecule has 1 aliphatic rings. The number of nitrogens with zero attached hydrogens (tertiary/aromatic N) is 3. The lowest BCUT2D eigenvalue weighted by molar-refractivity contribution is 0.566. The van der Waals surface area contributed by atoms with Crippen LogP contribution in [0.15, 0.2) is 6.33 Å². The zero-order valence-corrected chi connectivity index (χ0v) is 12.1. The van der Waals surface area contributed by atoms with Crippen LogP contribution in [-0.4, -0.2) is 42.5 Å². The van der Waals surface area contributed by atoms with Crippen molar-refractivity contribution in [3.05, 3.63) is 17.0 Å². The van der Waals surface area contributed by atoms with Crippen molar-refractivity contribution < 1.29 is 8.42 Å². The van der Waals surface area contributed by atoms with Crippen molar-refractivity contribution in [1.29, 1.82) is 0 Å². The van der Waals surface area contributed by atoms with E-state index in [1.165, 1.54) is 6.33 Å². The summed E-state index contributed by atoms with van der Waals surface area (Å²) in [5.41, 5.74) is 0.645. The minimum atomic E-state index is -2.95. The van der Waals surface area contributed by atoms with Crippen molar-refractivity contribution in [2.75, 3.05) is 23.0 Å². The highest BCUT2D eigenvalue weighted by Gasteiger charge is 2.30. The maximum Gasteiger partial charge on any atom is 0.154 e. The van der Waals surface area contributed by atoms with Gasteiger partial charge in [-0.3, -0.25) is 0 Å². The van der Waals surface area contributed by atoms with Gasteiger partial charge in [0.25, 0.3) is 0 Å². The smallest absolute Gasteiger partial charge is 0.154 e. The van der Waals surface area contributed by atoms with Gasteiger partial charge in [-0.05, 0) is 6.92 Å². The standard InChI is InChI=1S/C10H13Cl2N3O2S/c1-7-5-18(16,17)3-2-15(7)10-8(4-11)9(12)13-6-14-10/h6-7H,2-5H2,1H3. The fourth-order valence-corrected chi connectivity index (χ4v) is 4.12. The van der Waals surface area contributed by atoms with E-state index in [4.69, 9.17) is 23.2 Å². The van der Waals surface area contributed by atoms with Crippen molar-refractivity contribution in [2.45, 2.75) is 18.8 Å². The average molecular weight is 310 g/mol. The molecule has 0 spiro atoms. The quantitative estimate of drug-likeness (QED) is 0.612. The summed E-state index contributed by atoms with van der Waals surface area (Å²) in [7, 11) is -2.95. The van der Waals surface area contributed by atoms with Gasteiger partial charge in [0, 0.05) is 18.2 Å². The second kappa shape index (κ2) is 5.19. The number of anilines is 1. The topological polar surface area (TPSA) is 63.2 Å². The molecular formula is C10H13Cl2N3O2S. The van der Waals surface area contributed by atoms with Crippen molar-refractivity contribution in [1.82, 2.24) is 9.97 Å². The third-order valence-electron chi connectivity index (χ3n) is 2.95. The fourth-order valence-electron chi connectivity index (χ4n) is 2.06. The van der Waals surface area contributed by atoms with Crippen LogP contribution in [-0.2, 0) is 15.7 Å². The molecule has 0 N–H and O–H groups in total. The number of aromatic nitrogens is 2. The van der Waals surface area contributed by atoms with Crippen LogP contribution < -0.4 is 4.90 Å². The Kier molecular flexibility index (Phi) is 3.99. The van der Waals surface area contributed by atoms with Crippen LogP contribution in [0.25, 0.3) is 0 Å². The second-order valence-electron chi connectivity index (χ2n) is 4.26. The summed E-state index contributed by atoms with van der Waals surface area (Å²) in [4.78, 5) is 9.99. The molecule has 5 nitrogen and oxygen atoms in total. The van der Waals surface area contributed by atoms with Crippen LogP contribution in [0, 0.1) is 0 Å². The Morgan fingerprint density at radius 2 is 2.22 bits per heavy atom. The van der Waals surface area contributed by atoms with Crippen LogP contribution in [0.3, 0.4) is 0 Å². The molecule has 0 saturated carbocycles. The second-order valence-corrected chi connectivity index (χ2v) is 7.11. The first-order valence-electron chi connectivity index (χ1n) is 5.47. The molecule has 0 aliphatic carbocycles. The van der Waals surface area contributed by atoms with E-state index in [1.54, 1.807) is 0 Å². The zero-order valence-electron chi connectivity index (χ0n) is 9.81. The SMILES string of the molecule is CC1CS(=O)(=O)CCN1c1ncnc(Cl)c1CCl. The minimum Gasteiger partial charge on any atom is -0.351 e. The van der Waals surface area contributed by atoms with Crippen molar-refractivity contribution in [3.8, 4) is 0 Å². The van der Waals surface area contributed by atoms with Crippen LogP contribution >= 0.6 is 23.2 Å². The van der Waals surface area contributed by atoms with Gasteiger partial charge in [0.1, 0.15) is 17.3 Å². The molecule has 1 aromatic rings. The lowest BCUT2D eigenvalue weighted by atomic mass is 10.2. The number of halogens is 2. The van der Waals surface area contributed by atoms with Crippen LogP contribution in [0.2, 0.25) is 5.15 Å². The van der Waals surface area contributed by atoms with Gasteiger partial charge in [-0.15, -0.1) is 11.6 Å². The van der Waals surface area contributed by atoms with E-state index in [0.717, 1.165) is 0 Å². The van der Waals surface area contributed by atoms with Crippen molar-refractivity contribution in [3.63, 3.8) is 0 Å². The van der Waals surface area contributed by atoms with Crippen LogP contribution in [0.4, 0.5) is 5.82 Å². The van der Waals surface area contributed by atoms with E-state index in [0.29, 0.717) is 23.1 Å². The molecule has 8 heteroatoms. The Balaban J connectivity index is 2.36. The lowest BCUT2D eigenvalue weighted by Gasteiger charge is -2.35. The summed E-state index contributed by atoms with van der Waals surface area (Å²) in [5.74, 6) is 1.08. The summed E-state index contributed by atoms with van der Waals surface area (Å²) >= 11 is 11.8. The molecule has 1 saturated heterocycles. The van der Waals surface area contributed by atoms with E-state index in [2.05, 4.69) is 9.97 Å². The first-order chi connectivity index (χ1) is 8.44. The number of alkyl halides is 1. The molecular weight excluding hydrogens is 297 g/mol. The largest absolute Gasteiger partial charge is 0.351 e. The first kappa shape index (κ1) is 13.8. The molecule has 0 aromatic carbocycles. The molecule has 1 atom stereocenters. The van der Waals surface area contributed by atoms with Gasteiger partial charge >= 0.3 is 0 Å². The molecule has 0 amide bonds. The summed E-state index contributed by atoms with van der Waals surface area (Å²) in [6.45, 7) is 2.26. The van der Waals surface area contributed by atoms with E-state index < -0.39 is 9.84 Å². The van der Waals surface area contributed by atoms with Gasteiger partial charge in [-0.1, -0.05) is 11.6 Å². The van der Waals surface area contributed by atoms with Gasteiger partial charge in [0.05, 0.1) is 17.4 Å². The third-order valence-corrected chi connectivity index (χ3v) is 5.33. The van der Waals surface area contributed by atoms with Gasteiger partial charge in [0.15, 0.2) is 9.84 Å². The predicted molar refractivity (Wildman–Crippen MR) is 72.1 cm³/mol. The highest BCUT2D eigenvalue weighted by atomic mass is 35.5. The Bertz CT molecular complexity index is 550. The number of sulfone groups is 1. The number of hydrogen-bond acceptors (Lipinski definition) is 5. The molecule has 1 unspecified atom stereocenters. The zero-order chi connectivity index (χ0) is 13.3. The maximum absolute atomic E-state index is 11.5. The predicted octanol–water partition coefficient (Wildman–Crippen LogP) is 1.49. The van der Waals surface area contributed by atoms with Gasteiger partial charge < -0.3 is 4.90 Å². The Labute approximate surface area is 116 Å². The maximum atomic E-state index is 11.5. The summed E-state index contributed by atoms with van der Waals surface area (Å²) in [6, 6.07) is -0.142. The molecule has 2 heterocycles. The Morgan fingerprint density at radius 3 is 2.83 bits per heavy atom. The Hall–Kier alpha value is -0.590. The highest BCUT2D eigenvalue weighted by molar-refractivity contribution is 7.91. The highest BCUT2D eigenvalue weighted by Crippen LogP contribution is 2.28.